The second-order valence-corrected chi connectivity index (χ2v) is 4.38. The Morgan fingerprint density at radius 2 is 1.86 bits per heavy atom. The molecule has 118 valence electrons. The molecule has 0 aliphatic rings. The standard InChI is InChI=1S/C16H20N2O4/c1-3-11-17-16(21)12-7-5-6-8-13(12)18-14(19)9-10-15(20)22-4-2/h5-10H,3-4,11H2,1-2H3,(H,17,21)(H,18,19). The molecule has 0 aromatic heterocycles. The monoisotopic (exact) mass is 304 g/mol. The lowest BCUT2D eigenvalue weighted by Gasteiger charge is -2.09. The molecule has 0 radical (unpaired) electrons. The number of ether oxygens (including phenoxy) is 1. The summed E-state index contributed by atoms with van der Waals surface area (Å²) in [5.74, 6) is -1.36. The van der Waals surface area contributed by atoms with Crippen LogP contribution in [0.1, 0.15) is 30.6 Å². The molecule has 2 N–H and O–H groups in total. The Hall–Kier alpha value is -2.63. The van der Waals surface area contributed by atoms with Crippen molar-refractivity contribution < 1.29 is 19.1 Å². The number of hydrogen-bond acceptors (Lipinski definition) is 4. The summed E-state index contributed by atoms with van der Waals surface area (Å²) in [5.41, 5.74) is 0.753. The van der Waals surface area contributed by atoms with Gasteiger partial charge in [-0.3, -0.25) is 9.59 Å². The summed E-state index contributed by atoms with van der Waals surface area (Å²) in [6, 6.07) is 6.67. The first kappa shape index (κ1) is 17.4. The van der Waals surface area contributed by atoms with E-state index < -0.39 is 11.9 Å². The molecule has 22 heavy (non-hydrogen) atoms. The van der Waals surface area contributed by atoms with Crippen LogP contribution in [-0.4, -0.2) is 30.9 Å². The lowest BCUT2D eigenvalue weighted by molar-refractivity contribution is -0.137. The number of carbonyl (C=O) groups excluding carboxylic acids is 3. The summed E-state index contributed by atoms with van der Waals surface area (Å²) in [6.45, 7) is 4.43. The Morgan fingerprint density at radius 1 is 1.14 bits per heavy atom. The van der Waals surface area contributed by atoms with Crippen LogP contribution in [0.4, 0.5) is 5.69 Å². The largest absolute Gasteiger partial charge is 0.463 e. The molecule has 0 aliphatic heterocycles. The Kier molecular flexibility index (Phi) is 7.39. The minimum absolute atomic E-state index is 0.241. The molecule has 0 saturated carbocycles. The minimum Gasteiger partial charge on any atom is -0.463 e. The van der Waals surface area contributed by atoms with Gasteiger partial charge in [0, 0.05) is 18.7 Å². The lowest BCUT2D eigenvalue weighted by atomic mass is 10.1. The van der Waals surface area contributed by atoms with E-state index in [0.717, 1.165) is 18.6 Å². The number of benzene rings is 1. The molecule has 1 aromatic rings. The summed E-state index contributed by atoms with van der Waals surface area (Å²) >= 11 is 0. The van der Waals surface area contributed by atoms with Crippen molar-refractivity contribution in [2.75, 3.05) is 18.5 Å². The van der Waals surface area contributed by atoms with Gasteiger partial charge >= 0.3 is 5.97 Å². The highest BCUT2D eigenvalue weighted by Gasteiger charge is 2.11. The van der Waals surface area contributed by atoms with Gasteiger partial charge in [0.05, 0.1) is 17.9 Å². The predicted octanol–water partition coefficient (Wildman–Crippen LogP) is 1.88. The van der Waals surface area contributed by atoms with Crippen LogP contribution in [-0.2, 0) is 14.3 Å². The Morgan fingerprint density at radius 3 is 2.55 bits per heavy atom. The van der Waals surface area contributed by atoms with Gasteiger partial charge in [-0.1, -0.05) is 19.1 Å². The van der Waals surface area contributed by atoms with Gasteiger partial charge in [0.15, 0.2) is 0 Å². The number of esters is 1. The van der Waals surface area contributed by atoms with Crippen LogP contribution in [0, 0.1) is 0 Å². The molecule has 0 atom stereocenters. The Labute approximate surface area is 129 Å². The zero-order chi connectivity index (χ0) is 16.4. The van der Waals surface area contributed by atoms with Crippen LogP contribution in [0.5, 0.6) is 0 Å². The third-order valence-electron chi connectivity index (χ3n) is 2.62. The highest BCUT2D eigenvalue weighted by Crippen LogP contribution is 2.14. The van der Waals surface area contributed by atoms with Crippen molar-refractivity contribution in [2.24, 2.45) is 0 Å². The molecular weight excluding hydrogens is 284 g/mol. The number of amides is 2. The normalized spacial score (nSPS) is 10.3. The van der Waals surface area contributed by atoms with Crippen molar-refractivity contribution in [2.45, 2.75) is 20.3 Å². The summed E-state index contributed by atoms with van der Waals surface area (Å²) in [4.78, 5) is 34.9. The van der Waals surface area contributed by atoms with Crippen LogP contribution < -0.4 is 10.6 Å². The molecule has 0 unspecified atom stereocenters. The van der Waals surface area contributed by atoms with Gasteiger partial charge in [0.1, 0.15) is 0 Å². The number of anilines is 1. The fourth-order valence-corrected chi connectivity index (χ4v) is 1.63. The fourth-order valence-electron chi connectivity index (χ4n) is 1.63. The zero-order valence-corrected chi connectivity index (χ0v) is 12.7. The fraction of sp³-hybridized carbons (Fsp3) is 0.312. The number of nitrogens with one attached hydrogen (secondary N) is 2. The van der Waals surface area contributed by atoms with Gasteiger partial charge in [-0.25, -0.2) is 4.79 Å². The molecule has 1 aromatic carbocycles. The minimum atomic E-state index is -0.591. The van der Waals surface area contributed by atoms with E-state index in [9.17, 15) is 14.4 Å². The quantitative estimate of drug-likeness (QED) is 0.595. The molecule has 0 aliphatic carbocycles. The SMILES string of the molecule is CCCNC(=O)c1ccccc1NC(=O)C=CC(=O)OCC. The van der Waals surface area contributed by atoms with Gasteiger partial charge in [-0.2, -0.15) is 0 Å². The van der Waals surface area contributed by atoms with Crippen molar-refractivity contribution in [3.8, 4) is 0 Å². The molecule has 6 nitrogen and oxygen atoms in total. The Balaban J connectivity index is 2.75. The van der Waals surface area contributed by atoms with Gasteiger partial charge < -0.3 is 15.4 Å². The van der Waals surface area contributed by atoms with Crippen LogP contribution >= 0.6 is 0 Å². The number of rotatable bonds is 7. The van der Waals surface area contributed by atoms with Crippen molar-refractivity contribution in [1.29, 1.82) is 0 Å². The topological polar surface area (TPSA) is 84.5 Å². The van der Waals surface area contributed by atoms with Gasteiger partial charge in [-0.15, -0.1) is 0 Å². The molecule has 0 spiro atoms. The molecule has 2 amide bonds. The third-order valence-corrected chi connectivity index (χ3v) is 2.62. The Bertz CT molecular complexity index is 567. The molecule has 1 rings (SSSR count). The maximum Gasteiger partial charge on any atom is 0.330 e. The van der Waals surface area contributed by atoms with Crippen molar-refractivity contribution in [3.63, 3.8) is 0 Å². The van der Waals surface area contributed by atoms with E-state index in [1.807, 2.05) is 6.92 Å². The average molecular weight is 304 g/mol. The summed E-state index contributed by atoms with van der Waals surface area (Å²) in [7, 11) is 0. The average Bonchev–Trinajstić information content (AvgIpc) is 2.51. The van der Waals surface area contributed by atoms with E-state index in [1.165, 1.54) is 0 Å². The first-order chi connectivity index (χ1) is 10.6. The maximum absolute atomic E-state index is 12.0. The second-order valence-electron chi connectivity index (χ2n) is 4.38. The van der Waals surface area contributed by atoms with Crippen LogP contribution in [0.3, 0.4) is 0 Å². The highest BCUT2D eigenvalue weighted by molar-refractivity contribution is 6.07. The van der Waals surface area contributed by atoms with Crippen LogP contribution in [0.25, 0.3) is 0 Å². The summed E-state index contributed by atoms with van der Waals surface area (Å²) in [5, 5.41) is 5.32. The van der Waals surface area contributed by atoms with E-state index in [4.69, 9.17) is 0 Å². The second kappa shape index (κ2) is 9.33. The van der Waals surface area contributed by atoms with E-state index in [2.05, 4.69) is 15.4 Å². The summed E-state index contributed by atoms with van der Waals surface area (Å²) < 4.78 is 4.68. The van der Waals surface area contributed by atoms with Gasteiger partial charge in [-0.05, 0) is 25.5 Å². The van der Waals surface area contributed by atoms with Crippen molar-refractivity contribution in [3.05, 3.63) is 42.0 Å². The number of hydrogen-bond donors (Lipinski definition) is 2. The first-order valence-electron chi connectivity index (χ1n) is 7.11. The van der Waals surface area contributed by atoms with Gasteiger partial charge in [0.2, 0.25) is 5.91 Å². The van der Waals surface area contributed by atoms with Crippen LogP contribution in [0.15, 0.2) is 36.4 Å². The maximum atomic E-state index is 12.0. The molecule has 0 heterocycles. The van der Waals surface area contributed by atoms with Crippen molar-refractivity contribution in [1.82, 2.24) is 5.32 Å². The van der Waals surface area contributed by atoms with Crippen LogP contribution in [0.2, 0.25) is 0 Å². The number of para-hydroxylation sites is 1. The molecule has 6 heteroatoms. The molecule has 0 fully saturated rings. The smallest absolute Gasteiger partial charge is 0.330 e. The van der Waals surface area contributed by atoms with Gasteiger partial charge in [0.25, 0.3) is 5.91 Å². The van der Waals surface area contributed by atoms with E-state index in [-0.39, 0.29) is 12.5 Å². The molecule has 0 bridgehead atoms. The molecule has 0 saturated heterocycles. The predicted molar refractivity (Wildman–Crippen MR) is 83.5 cm³/mol. The van der Waals surface area contributed by atoms with E-state index in [1.54, 1.807) is 31.2 Å². The lowest BCUT2D eigenvalue weighted by Crippen LogP contribution is -2.25. The first-order valence-corrected chi connectivity index (χ1v) is 7.11. The number of carbonyl (C=O) groups is 3. The highest BCUT2D eigenvalue weighted by atomic mass is 16.5. The third kappa shape index (κ3) is 5.78. The van der Waals surface area contributed by atoms with Crippen molar-refractivity contribution >= 4 is 23.5 Å². The van der Waals surface area contributed by atoms with E-state index in [0.29, 0.717) is 17.8 Å². The zero-order valence-electron chi connectivity index (χ0n) is 12.7. The molecular formula is C16H20N2O4. The summed E-state index contributed by atoms with van der Waals surface area (Å²) in [6.07, 6.45) is 2.93. The van der Waals surface area contributed by atoms with E-state index >= 15 is 0 Å².